The highest BCUT2D eigenvalue weighted by Crippen LogP contribution is 2.27. The third-order valence-corrected chi connectivity index (χ3v) is 4.77. The predicted molar refractivity (Wildman–Crippen MR) is 103 cm³/mol. The topological polar surface area (TPSA) is 38.3 Å². The first kappa shape index (κ1) is 19.3. The molecule has 0 aliphatic carbocycles. The highest BCUT2D eigenvalue weighted by Gasteiger charge is 2.06. The second-order valence-corrected chi connectivity index (χ2v) is 7.28. The molecule has 2 rings (SSSR count). The normalized spacial score (nSPS) is 10.5. The number of rotatable bonds is 8. The molecular weight excluding hydrogens is 389 g/mol. The van der Waals surface area contributed by atoms with Gasteiger partial charge in [0.05, 0.1) is 5.02 Å². The fraction of sp³-hybridized carbons (Fsp3) is 0.235. The number of carbonyl (C=O) groups is 1. The number of carbonyl (C=O) groups excluding carboxylic acids is 1. The molecule has 2 aromatic rings. The van der Waals surface area contributed by atoms with Gasteiger partial charge in [0, 0.05) is 28.1 Å². The highest BCUT2D eigenvalue weighted by molar-refractivity contribution is 7.98. The Morgan fingerprint density at radius 3 is 2.62 bits per heavy atom. The van der Waals surface area contributed by atoms with Crippen molar-refractivity contribution in [3.05, 3.63) is 63.1 Å². The Morgan fingerprint density at radius 2 is 1.88 bits per heavy atom. The maximum Gasteiger partial charge on any atom is 0.257 e. The van der Waals surface area contributed by atoms with E-state index < -0.39 is 0 Å². The lowest BCUT2D eigenvalue weighted by atomic mass is 10.2. The van der Waals surface area contributed by atoms with E-state index in [0.717, 1.165) is 16.5 Å². The lowest BCUT2D eigenvalue weighted by Crippen LogP contribution is -2.30. The summed E-state index contributed by atoms with van der Waals surface area (Å²) in [6.07, 6.45) is 0. The molecular formula is C17H16Cl3NO2S. The van der Waals surface area contributed by atoms with E-state index in [4.69, 9.17) is 39.5 Å². The molecule has 0 heterocycles. The van der Waals surface area contributed by atoms with E-state index in [2.05, 4.69) is 5.32 Å². The Bertz CT molecular complexity index is 697. The predicted octanol–water partition coefficient (Wildman–Crippen LogP) is 5.08. The van der Waals surface area contributed by atoms with Crippen LogP contribution < -0.4 is 10.1 Å². The van der Waals surface area contributed by atoms with Crippen molar-refractivity contribution in [1.82, 2.24) is 5.32 Å². The molecule has 128 valence electrons. The van der Waals surface area contributed by atoms with Crippen LogP contribution in [0.15, 0.2) is 42.5 Å². The second kappa shape index (κ2) is 10.0. The molecule has 3 nitrogen and oxygen atoms in total. The summed E-state index contributed by atoms with van der Waals surface area (Å²) in [4.78, 5) is 11.7. The van der Waals surface area contributed by atoms with Crippen molar-refractivity contribution in [2.24, 2.45) is 0 Å². The summed E-state index contributed by atoms with van der Waals surface area (Å²) in [5, 5.41) is 4.44. The summed E-state index contributed by atoms with van der Waals surface area (Å²) in [5.41, 5.74) is 1.17. The first-order valence-corrected chi connectivity index (χ1v) is 9.50. The van der Waals surface area contributed by atoms with Gasteiger partial charge in [-0.05, 0) is 35.9 Å². The molecule has 0 fully saturated rings. The van der Waals surface area contributed by atoms with Crippen molar-refractivity contribution in [2.75, 3.05) is 18.9 Å². The van der Waals surface area contributed by atoms with Gasteiger partial charge in [0.25, 0.3) is 5.91 Å². The molecule has 0 saturated carbocycles. The van der Waals surface area contributed by atoms with Crippen LogP contribution in [0.5, 0.6) is 5.75 Å². The van der Waals surface area contributed by atoms with Gasteiger partial charge in [-0.2, -0.15) is 11.8 Å². The van der Waals surface area contributed by atoms with Crippen LogP contribution in [0.4, 0.5) is 0 Å². The second-order valence-electron chi connectivity index (χ2n) is 4.90. The van der Waals surface area contributed by atoms with Crippen molar-refractivity contribution < 1.29 is 9.53 Å². The van der Waals surface area contributed by atoms with E-state index in [1.165, 1.54) is 5.56 Å². The first-order valence-electron chi connectivity index (χ1n) is 7.21. The van der Waals surface area contributed by atoms with Crippen molar-refractivity contribution in [1.29, 1.82) is 0 Å². The Hall–Kier alpha value is -1.07. The fourth-order valence-electron chi connectivity index (χ4n) is 1.87. The maximum absolute atomic E-state index is 11.7. The van der Waals surface area contributed by atoms with Crippen molar-refractivity contribution in [3.63, 3.8) is 0 Å². The minimum absolute atomic E-state index is 0.0830. The maximum atomic E-state index is 11.7. The number of halogens is 3. The molecule has 0 spiro atoms. The summed E-state index contributed by atoms with van der Waals surface area (Å²) < 4.78 is 5.37. The Balaban J connectivity index is 1.61. The van der Waals surface area contributed by atoms with Crippen LogP contribution in [-0.4, -0.2) is 24.8 Å². The van der Waals surface area contributed by atoms with Crippen LogP contribution >= 0.6 is 46.6 Å². The first-order chi connectivity index (χ1) is 11.5. The molecule has 0 saturated heterocycles. The Morgan fingerprint density at radius 1 is 1.08 bits per heavy atom. The van der Waals surface area contributed by atoms with Gasteiger partial charge in [-0.3, -0.25) is 4.79 Å². The van der Waals surface area contributed by atoms with Crippen molar-refractivity contribution in [2.45, 2.75) is 5.75 Å². The van der Waals surface area contributed by atoms with E-state index in [1.54, 1.807) is 30.0 Å². The van der Waals surface area contributed by atoms with Crippen LogP contribution in [0.3, 0.4) is 0 Å². The van der Waals surface area contributed by atoms with Crippen LogP contribution in [0.1, 0.15) is 5.56 Å². The molecule has 0 radical (unpaired) electrons. The molecule has 0 bridgehead atoms. The summed E-state index contributed by atoms with van der Waals surface area (Å²) >= 11 is 19.4. The molecule has 0 aliphatic heterocycles. The van der Waals surface area contributed by atoms with Crippen molar-refractivity contribution >= 4 is 52.5 Å². The lowest BCUT2D eigenvalue weighted by Gasteiger charge is -2.09. The van der Waals surface area contributed by atoms with E-state index in [9.17, 15) is 4.79 Å². The molecule has 1 N–H and O–H groups in total. The van der Waals surface area contributed by atoms with E-state index in [0.29, 0.717) is 22.3 Å². The van der Waals surface area contributed by atoms with E-state index in [1.807, 2.05) is 24.3 Å². The van der Waals surface area contributed by atoms with Gasteiger partial charge in [0.1, 0.15) is 5.75 Å². The van der Waals surface area contributed by atoms with Gasteiger partial charge in [-0.15, -0.1) is 0 Å². The Labute approximate surface area is 160 Å². The molecule has 0 aromatic heterocycles. The number of hydrogen-bond donors (Lipinski definition) is 1. The number of ether oxygens (including phenoxy) is 1. The average Bonchev–Trinajstić information content (AvgIpc) is 2.54. The van der Waals surface area contributed by atoms with E-state index >= 15 is 0 Å². The zero-order valence-corrected chi connectivity index (χ0v) is 15.8. The SMILES string of the molecule is O=C(COc1ccc(Cl)cc1Cl)NCCSCc1cccc(Cl)c1. The summed E-state index contributed by atoms with van der Waals surface area (Å²) in [6, 6.07) is 12.6. The number of hydrogen-bond acceptors (Lipinski definition) is 3. The number of thioether (sulfide) groups is 1. The minimum atomic E-state index is -0.190. The number of amides is 1. The van der Waals surface area contributed by atoms with Gasteiger partial charge < -0.3 is 10.1 Å². The van der Waals surface area contributed by atoms with Crippen LogP contribution in [-0.2, 0) is 10.5 Å². The molecule has 1 amide bonds. The quantitative estimate of drug-likeness (QED) is 0.624. The van der Waals surface area contributed by atoms with Gasteiger partial charge in [0.15, 0.2) is 6.61 Å². The average molecular weight is 405 g/mol. The molecule has 0 aliphatic rings. The van der Waals surface area contributed by atoms with Crippen LogP contribution in [0, 0.1) is 0 Å². The summed E-state index contributed by atoms with van der Waals surface area (Å²) in [5.74, 6) is 1.91. The van der Waals surface area contributed by atoms with Gasteiger partial charge in [-0.1, -0.05) is 46.9 Å². The highest BCUT2D eigenvalue weighted by atomic mass is 35.5. The van der Waals surface area contributed by atoms with Crippen molar-refractivity contribution in [3.8, 4) is 5.75 Å². The molecule has 24 heavy (non-hydrogen) atoms. The van der Waals surface area contributed by atoms with Crippen LogP contribution in [0.25, 0.3) is 0 Å². The standard InChI is InChI=1S/C17H16Cl3NO2S/c18-13-3-1-2-12(8-13)11-24-7-6-21-17(22)10-23-16-5-4-14(19)9-15(16)20/h1-5,8-9H,6-7,10-11H2,(H,21,22). The summed E-state index contributed by atoms with van der Waals surface area (Å²) in [7, 11) is 0. The third-order valence-electron chi connectivity index (χ3n) is 2.98. The molecule has 0 unspecified atom stereocenters. The lowest BCUT2D eigenvalue weighted by molar-refractivity contribution is -0.122. The number of nitrogens with one attached hydrogen (secondary N) is 1. The fourth-order valence-corrected chi connectivity index (χ4v) is 3.35. The Kier molecular flexibility index (Phi) is 8.06. The smallest absolute Gasteiger partial charge is 0.257 e. The zero-order valence-electron chi connectivity index (χ0n) is 12.7. The molecule has 7 heteroatoms. The van der Waals surface area contributed by atoms with Crippen LogP contribution in [0.2, 0.25) is 15.1 Å². The van der Waals surface area contributed by atoms with Gasteiger partial charge in [-0.25, -0.2) is 0 Å². The number of benzene rings is 2. The third kappa shape index (κ3) is 6.81. The zero-order chi connectivity index (χ0) is 17.4. The molecule has 0 atom stereocenters. The monoisotopic (exact) mass is 403 g/mol. The minimum Gasteiger partial charge on any atom is -0.482 e. The summed E-state index contributed by atoms with van der Waals surface area (Å²) in [6.45, 7) is 0.488. The van der Waals surface area contributed by atoms with Gasteiger partial charge in [0.2, 0.25) is 0 Å². The van der Waals surface area contributed by atoms with E-state index in [-0.39, 0.29) is 12.5 Å². The van der Waals surface area contributed by atoms with Gasteiger partial charge >= 0.3 is 0 Å². The largest absolute Gasteiger partial charge is 0.482 e. The molecule has 2 aromatic carbocycles.